The largest absolute Gasteiger partial charge is 0.497 e. The summed E-state index contributed by atoms with van der Waals surface area (Å²) in [7, 11) is 1.60. The molecule has 2 aromatic carbocycles. The summed E-state index contributed by atoms with van der Waals surface area (Å²) in [5, 5.41) is 13.1. The first-order valence-corrected chi connectivity index (χ1v) is 7.57. The van der Waals surface area contributed by atoms with Crippen molar-refractivity contribution in [1.29, 1.82) is 0 Å². The van der Waals surface area contributed by atoms with Crippen molar-refractivity contribution in [1.82, 2.24) is 5.43 Å². The molecular formula is C19H20N2O3. The Morgan fingerprint density at radius 2 is 1.83 bits per heavy atom. The van der Waals surface area contributed by atoms with Crippen LogP contribution in [0.1, 0.15) is 17.5 Å². The average molecular weight is 324 g/mol. The van der Waals surface area contributed by atoms with E-state index in [9.17, 15) is 4.79 Å². The molecular weight excluding hydrogens is 304 g/mol. The van der Waals surface area contributed by atoms with Crippen LogP contribution in [0.4, 0.5) is 0 Å². The molecule has 0 spiro atoms. The number of nitrogens with zero attached hydrogens (tertiary/aromatic N) is 1. The number of hydrazone groups is 1. The summed E-state index contributed by atoms with van der Waals surface area (Å²) < 4.78 is 5.08. The molecule has 0 aliphatic carbocycles. The van der Waals surface area contributed by atoms with E-state index in [0.29, 0.717) is 5.57 Å². The van der Waals surface area contributed by atoms with E-state index in [4.69, 9.17) is 9.84 Å². The first kappa shape index (κ1) is 17.4. The van der Waals surface area contributed by atoms with Crippen LogP contribution in [0, 0.1) is 0 Å². The third-order valence-corrected chi connectivity index (χ3v) is 3.31. The van der Waals surface area contributed by atoms with Crippen LogP contribution >= 0.6 is 0 Å². The van der Waals surface area contributed by atoms with E-state index >= 15 is 0 Å². The van der Waals surface area contributed by atoms with E-state index in [1.807, 2.05) is 54.6 Å². The van der Waals surface area contributed by atoms with Crippen molar-refractivity contribution in [2.75, 3.05) is 13.7 Å². The van der Waals surface area contributed by atoms with Gasteiger partial charge in [-0.15, -0.1) is 0 Å². The number of hydrogen-bond donors (Lipinski definition) is 2. The minimum atomic E-state index is -0.335. The van der Waals surface area contributed by atoms with Gasteiger partial charge < -0.3 is 9.84 Å². The maximum absolute atomic E-state index is 12.2. The summed E-state index contributed by atoms with van der Waals surface area (Å²) in [6.07, 6.45) is 3.56. The number of methoxy groups -OCH3 is 1. The predicted molar refractivity (Wildman–Crippen MR) is 94.9 cm³/mol. The van der Waals surface area contributed by atoms with Crippen molar-refractivity contribution in [3.8, 4) is 5.75 Å². The Morgan fingerprint density at radius 3 is 2.46 bits per heavy atom. The summed E-state index contributed by atoms with van der Waals surface area (Å²) in [6, 6.07) is 16.8. The molecule has 0 bridgehead atoms. The Hall–Kier alpha value is -2.92. The number of carbonyl (C=O) groups is 1. The van der Waals surface area contributed by atoms with Gasteiger partial charge in [-0.1, -0.05) is 30.3 Å². The third kappa shape index (κ3) is 5.37. The summed E-state index contributed by atoms with van der Waals surface area (Å²) in [6.45, 7) is -0.103. The van der Waals surface area contributed by atoms with Crippen LogP contribution in [0.5, 0.6) is 5.75 Å². The van der Waals surface area contributed by atoms with Gasteiger partial charge in [-0.25, -0.2) is 5.43 Å². The molecule has 0 aromatic heterocycles. The molecule has 2 rings (SSSR count). The highest BCUT2D eigenvalue weighted by Gasteiger charge is 2.08. The summed E-state index contributed by atoms with van der Waals surface area (Å²) in [4.78, 5) is 12.2. The number of aliphatic hydroxyl groups is 1. The van der Waals surface area contributed by atoms with Crippen molar-refractivity contribution in [2.45, 2.75) is 6.42 Å². The molecule has 1 amide bonds. The van der Waals surface area contributed by atoms with E-state index in [1.54, 1.807) is 19.4 Å². The molecule has 0 radical (unpaired) electrons. The Labute approximate surface area is 141 Å². The van der Waals surface area contributed by atoms with Gasteiger partial charge in [-0.05, 0) is 41.5 Å². The number of nitrogens with one attached hydrogen (secondary N) is 1. The minimum absolute atomic E-state index is 0.103. The molecule has 0 aliphatic heterocycles. The second kappa shape index (κ2) is 9.27. The van der Waals surface area contributed by atoms with E-state index in [-0.39, 0.29) is 18.9 Å². The molecule has 0 unspecified atom stereocenters. The van der Waals surface area contributed by atoms with Gasteiger partial charge in [0.15, 0.2) is 0 Å². The lowest BCUT2D eigenvalue weighted by Crippen LogP contribution is -2.20. The maximum atomic E-state index is 12.2. The summed E-state index contributed by atoms with van der Waals surface area (Å²) in [5.74, 6) is 0.421. The van der Waals surface area contributed by atoms with Crippen LogP contribution in [0.3, 0.4) is 0 Å². The number of carbonyl (C=O) groups excluding carboxylic acids is 1. The van der Waals surface area contributed by atoms with Crippen LogP contribution in [0.2, 0.25) is 0 Å². The number of rotatable bonds is 7. The maximum Gasteiger partial charge on any atom is 0.267 e. The number of ether oxygens (including phenoxy) is 1. The number of hydrogen-bond acceptors (Lipinski definition) is 4. The molecule has 0 aliphatic rings. The Kier molecular flexibility index (Phi) is 6.73. The molecule has 124 valence electrons. The lowest BCUT2D eigenvalue weighted by molar-refractivity contribution is -0.117. The first-order chi connectivity index (χ1) is 11.7. The van der Waals surface area contributed by atoms with Gasteiger partial charge in [-0.2, -0.15) is 5.10 Å². The Morgan fingerprint density at radius 1 is 1.12 bits per heavy atom. The number of benzene rings is 2. The molecule has 0 saturated heterocycles. The zero-order valence-electron chi connectivity index (χ0n) is 13.5. The molecule has 0 heterocycles. The molecule has 24 heavy (non-hydrogen) atoms. The zero-order chi connectivity index (χ0) is 17.2. The Balaban J connectivity index is 2.02. The molecule has 0 saturated carbocycles. The van der Waals surface area contributed by atoms with Gasteiger partial charge in [-0.3, -0.25) is 4.79 Å². The second-order valence-corrected chi connectivity index (χ2v) is 5.03. The summed E-state index contributed by atoms with van der Waals surface area (Å²) in [5.41, 5.74) is 4.69. The fraction of sp³-hybridized carbons (Fsp3) is 0.158. The van der Waals surface area contributed by atoms with Crippen LogP contribution in [0.15, 0.2) is 65.3 Å². The van der Waals surface area contributed by atoms with Crippen LogP contribution in [-0.4, -0.2) is 30.9 Å². The summed E-state index contributed by atoms with van der Waals surface area (Å²) >= 11 is 0. The van der Waals surface area contributed by atoms with Crippen molar-refractivity contribution < 1.29 is 14.6 Å². The van der Waals surface area contributed by atoms with Gasteiger partial charge in [0.05, 0.1) is 13.3 Å². The number of aliphatic hydroxyl groups excluding tert-OH is 1. The molecule has 2 N–H and O–H groups in total. The van der Waals surface area contributed by atoms with E-state index in [1.165, 1.54) is 0 Å². The highest BCUT2D eigenvalue weighted by Crippen LogP contribution is 2.11. The Bertz CT molecular complexity index is 707. The predicted octanol–water partition coefficient (Wildman–Crippen LogP) is 2.61. The van der Waals surface area contributed by atoms with Crippen LogP contribution in [-0.2, 0) is 4.79 Å². The molecule has 0 atom stereocenters. The lowest BCUT2D eigenvalue weighted by atomic mass is 10.1. The fourth-order valence-electron chi connectivity index (χ4n) is 2.05. The van der Waals surface area contributed by atoms with Crippen molar-refractivity contribution >= 4 is 18.2 Å². The minimum Gasteiger partial charge on any atom is -0.497 e. The topological polar surface area (TPSA) is 70.9 Å². The van der Waals surface area contributed by atoms with E-state index in [2.05, 4.69) is 10.5 Å². The van der Waals surface area contributed by atoms with Crippen LogP contribution < -0.4 is 10.2 Å². The van der Waals surface area contributed by atoms with Crippen LogP contribution in [0.25, 0.3) is 6.08 Å². The lowest BCUT2D eigenvalue weighted by Gasteiger charge is -2.05. The highest BCUT2D eigenvalue weighted by molar-refractivity contribution is 5.98. The zero-order valence-corrected chi connectivity index (χ0v) is 13.5. The second-order valence-electron chi connectivity index (χ2n) is 5.03. The third-order valence-electron chi connectivity index (χ3n) is 3.31. The molecule has 2 aromatic rings. The van der Waals surface area contributed by atoms with E-state index < -0.39 is 0 Å². The average Bonchev–Trinajstić information content (AvgIpc) is 2.62. The SMILES string of the molecule is COc1ccc(C=NNC(=O)/C(=C/c2ccccc2)CCO)cc1. The van der Waals surface area contributed by atoms with E-state index in [0.717, 1.165) is 16.9 Å². The van der Waals surface area contributed by atoms with Crippen molar-refractivity contribution in [3.63, 3.8) is 0 Å². The fourth-order valence-corrected chi connectivity index (χ4v) is 2.05. The monoisotopic (exact) mass is 324 g/mol. The number of amides is 1. The van der Waals surface area contributed by atoms with Gasteiger partial charge in [0.2, 0.25) is 0 Å². The standard InChI is InChI=1S/C19H20N2O3/c1-24-18-9-7-16(8-10-18)14-20-21-19(23)17(11-12-22)13-15-5-3-2-4-6-15/h2-10,13-14,22H,11-12H2,1H3,(H,21,23)/b17-13+,20-14?. The normalized spacial score (nSPS) is 11.5. The van der Waals surface area contributed by atoms with Gasteiger partial charge >= 0.3 is 0 Å². The smallest absolute Gasteiger partial charge is 0.267 e. The highest BCUT2D eigenvalue weighted by atomic mass is 16.5. The quantitative estimate of drug-likeness (QED) is 0.467. The van der Waals surface area contributed by atoms with Crippen molar-refractivity contribution in [3.05, 3.63) is 71.3 Å². The van der Waals surface area contributed by atoms with Crippen molar-refractivity contribution in [2.24, 2.45) is 5.10 Å². The van der Waals surface area contributed by atoms with Gasteiger partial charge in [0.25, 0.3) is 5.91 Å². The molecule has 5 heteroatoms. The van der Waals surface area contributed by atoms with Gasteiger partial charge in [0, 0.05) is 18.6 Å². The first-order valence-electron chi connectivity index (χ1n) is 7.57. The molecule has 0 fully saturated rings. The van der Waals surface area contributed by atoms with Gasteiger partial charge in [0.1, 0.15) is 5.75 Å². The molecule has 5 nitrogen and oxygen atoms in total.